The van der Waals surface area contributed by atoms with Crippen LogP contribution in [0.5, 0.6) is 0 Å². The Hall–Kier alpha value is -1.88. The van der Waals surface area contributed by atoms with Gasteiger partial charge in [0.2, 0.25) is 0 Å². The van der Waals surface area contributed by atoms with Crippen molar-refractivity contribution < 1.29 is 24.2 Å². The highest BCUT2D eigenvalue weighted by Crippen LogP contribution is 2.13. The Bertz CT molecular complexity index is 461. The van der Waals surface area contributed by atoms with Crippen molar-refractivity contribution in [2.45, 2.75) is 39.4 Å². The number of ether oxygens (including phenoxy) is 2. The standard InChI is InChI=1S/C16H22O5/c1-16(2,3)21-14(18)9-13(10-17)15(19)20-11-12-7-5-4-6-8-12/h4-8,13,17H,9-11H2,1-3H3/t13-/m0/s1. The second-order valence-electron chi connectivity index (χ2n) is 5.76. The number of hydrogen-bond donors (Lipinski definition) is 1. The van der Waals surface area contributed by atoms with Crippen molar-refractivity contribution in [1.29, 1.82) is 0 Å². The third-order valence-corrected chi connectivity index (χ3v) is 2.61. The first-order chi connectivity index (χ1) is 9.81. The summed E-state index contributed by atoms with van der Waals surface area (Å²) in [4.78, 5) is 23.5. The fourth-order valence-electron chi connectivity index (χ4n) is 1.65. The lowest BCUT2D eigenvalue weighted by atomic mass is 10.1. The lowest BCUT2D eigenvalue weighted by molar-refractivity contribution is -0.163. The summed E-state index contributed by atoms with van der Waals surface area (Å²) in [5.74, 6) is -2.03. The molecular formula is C16H22O5. The van der Waals surface area contributed by atoms with Crippen LogP contribution in [0.4, 0.5) is 0 Å². The molecule has 0 saturated carbocycles. The Morgan fingerprint density at radius 3 is 2.33 bits per heavy atom. The average molecular weight is 294 g/mol. The number of hydrogen-bond acceptors (Lipinski definition) is 5. The van der Waals surface area contributed by atoms with Crippen LogP contribution in [0, 0.1) is 5.92 Å². The van der Waals surface area contributed by atoms with Crippen LogP contribution in [0.15, 0.2) is 30.3 Å². The van der Waals surface area contributed by atoms with Gasteiger partial charge in [-0.2, -0.15) is 0 Å². The number of aliphatic hydroxyl groups excluding tert-OH is 1. The molecule has 0 spiro atoms. The summed E-state index contributed by atoms with van der Waals surface area (Å²) in [7, 11) is 0. The molecule has 0 unspecified atom stereocenters. The van der Waals surface area contributed by atoms with Crippen LogP contribution in [0.2, 0.25) is 0 Å². The highest BCUT2D eigenvalue weighted by molar-refractivity contribution is 5.80. The molecule has 1 atom stereocenters. The SMILES string of the molecule is CC(C)(C)OC(=O)C[C@@H](CO)C(=O)OCc1ccccc1. The minimum atomic E-state index is -0.899. The Morgan fingerprint density at radius 1 is 1.19 bits per heavy atom. The van der Waals surface area contributed by atoms with E-state index in [1.165, 1.54) is 0 Å². The molecule has 1 rings (SSSR count). The molecule has 0 heterocycles. The summed E-state index contributed by atoms with van der Waals surface area (Å²) >= 11 is 0. The molecule has 1 aromatic carbocycles. The maximum Gasteiger partial charge on any atom is 0.312 e. The quantitative estimate of drug-likeness (QED) is 0.813. The van der Waals surface area contributed by atoms with Gasteiger partial charge < -0.3 is 14.6 Å². The third-order valence-electron chi connectivity index (χ3n) is 2.61. The third kappa shape index (κ3) is 6.90. The van der Waals surface area contributed by atoms with Gasteiger partial charge in [-0.05, 0) is 26.3 Å². The molecule has 0 fully saturated rings. The number of carbonyl (C=O) groups excluding carboxylic acids is 2. The highest BCUT2D eigenvalue weighted by Gasteiger charge is 2.26. The van der Waals surface area contributed by atoms with Gasteiger partial charge in [0, 0.05) is 0 Å². The first-order valence-electron chi connectivity index (χ1n) is 6.85. The fraction of sp³-hybridized carbons (Fsp3) is 0.500. The summed E-state index contributed by atoms with van der Waals surface area (Å²) in [5.41, 5.74) is 0.227. The molecule has 0 aliphatic carbocycles. The zero-order chi connectivity index (χ0) is 15.9. The molecule has 0 aliphatic heterocycles. The lowest BCUT2D eigenvalue weighted by Crippen LogP contribution is -2.29. The molecule has 0 saturated heterocycles. The van der Waals surface area contributed by atoms with E-state index in [4.69, 9.17) is 9.47 Å². The zero-order valence-corrected chi connectivity index (χ0v) is 12.7. The summed E-state index contributed by atoms with van der Waals surface area (Å²) in [6, 6.07) is 9.20. The van der Waals surface area contributed by atoms with Crippen molar-refractivity contribution in [3.05, 3.63) is 35.9 Å². The summed E-state index contributed by atoms with van der Waals surface area (Å²) < 4.78 is 10.2. The van der Waals surface area contributed by atoms with Gasteiger partial charge in [0.15, 0.2) is 0 Å². The molecule has 1 aromatic rings. The second-order valence-corrected chi connectivity index (χ2v) is 5.76. The van der Waals surface area contributed by atoms with Gasteiger partial charge in [-0.15, -0.1) is 0 Å². The zero-order valence-electron chi connectivity index (χ0n) is 12.7. The first kappa shape index (κ1) is 17.2. The van der Waals surface area contributed by atoms with E-state index in [9.17, 15) is 14.7 Å². The van der Waals surface area contributed by atoms with Crippen molar-refractivity contribution >= 4 is 11.9 Å². The van der Waals surface area contributed by atoms with Crippen molar-refractivity contribution in [3.8, 4) is 0 Å². The topological polar surface area (TPSA) is 72.8 Å². The molecule has 0 aromatic heterocycles. The Balaban J connectivity index is 2.48. The van der Waals surface area contributed by atoms with Crippen LogP contribution in [-0.4, -0.2) is 29.3 Å². The number of carbonyl (C=O) groups is 2. The van der Waals surface area contributed by atoms with E-state index in [0.29, 0.717) is 0 Å². The van der Waals surface area contributed by atoms with Gasteiger partial charge >= 0.3 is 11.9 Å². The van der Waals surface area contributed by atoms with Gasteiger partial charge in [0.1, 0.15) is 12.2 Å². The number of rotatable bonds is 6. The van der Waals surface area contributed by atoms with Crippen LogP contribution in [-0.2, 0) is 25.7 Å². The monoisotopic (exact) mass is 294 g/mol. The molecule has 1 N–H and O–H groups in total. The first-order valence-corrected chi connectivity index (χ1v) is 6.85. The number of benzene rings is 1. The summed E-state index contributed by atoms with van der Waals surface area (Å²) in [5, 5.41) is 9.23. The maximum absolute atomic E-state index is 11.9. The van der Waals surface area contributed by atoms with Gasteiger partial charge in [-0.3, -0.25) is 9.59 Å². The minimum absolute atomic E-state index is 0.116. The molecule has 0 aliphatic rings. The van der Waals surface area contributed by atoms with Crippen LogP contribution in [0.3, 0.4) is 0 Å². The molecule has 0 radical (unpaired) electrons. The van der Waals surface area contributed by atoms with Gasteiger partial charge in [-0.1, -0.05) is 30.3 Å². The van der Waals surface area contributed by atoms with Crippen LogP contribution in [0.1, 0.15) is 32.8 Å². The summed E-state index contributed by atoms with van der Waals surface area (Å²) in [6.07, 6.45) is -0.193. The predicted octanol–water partition coefficient (Wildman–Crippen LogP) is 2.07. The van der Waals surface area contributed by atoms with E-state index in [1.54, 1.807) is 20.8 Å². The Morgan fingerprint density at radius 2 is 1.81 bits per heavy atom. The number of aliphatic hydroxyl groups is 1. The minimum Gasteiger partial charge on any atom is -0.461 e. The fourth-order valence-corrected chi connectivity index (χ4v) is 1.65. The van der Waals surface area contributed by atoms with E-state index in [-0.39, 0.29) is 13.0 Å². The largest absolute Gasteiger partial charge is 0.461 e. The van der Waals surface area contributed by atoms with Crippen molar-refractivity contribution in [3.63, 3.8) is 0 Å². The van der Waals surface area contributed by atoms with E-state index >= 15 is 0 Å². The second kappa shape index (κ2) is 7.78. The van der Waals surface area contributed by atoms with Crippen molar-refractivity contribution in [2.24, 2.45) is 5.92 Å². The smallest absolute Gasteiger partial charge is 0.312 e. The normalized spacial score (nSPS) is 12.6. The van der Waals surface area contributed by atoms with Gasteiger partial charge in [0.25, 0.3) is 0 Å². The molecular weight excluding hydrogens is 272 g/mol. The van der Waals surface area contributed by atoms with Crippen LogP contribution >= 0.6 is 0 Å². The van der Waals surface area contributed by atoms with Crippen molar-refractivity contribution in [2.75, 3.05) is 6.61 Å². The lowest BCUT2D eigenvalue weighted by Gasteiger charge is -2.21. The summed E-state index contributed by atoms with van der Waals surface area (Å²) in [6.45, 7) is 4.89. The van der Waals surface area contributed by atoms with Crippen LogP contribution < -0.4 is 0 Å². The van der Waals surface area contributed by atoms with Gasteiger partial charge in [0.05, 0.1) is 18.9 Å². The molecule has 116 valence electrons. The van der Waals surface area contributed by atoms with Gasteiger partial charge in [-0.25, -0.2) is 0 Å². The van der Waals surface area contributed by atoms with E-state index in [2.05, 4.69) is 0 Å². The maximum atomic E-state index is 11.9. The number of esters is 2. The molecule has 0 bridgehead atoms. The molecule has 0 amide bonds. The Kier molecular flexibility index (Phi) is 6.37. The van der Waals surface area contributed by atoms with E-state index < -0.39 is 30.1 Å². The van der Waals surface area contributed by atoms with E-state index in [0.717, 1.165) is 5.56 Å². The Labute approximate surface area is 124 Å². The predicted molar refractivity (Wildman–Crippen MR) is 77.3 cm³/mol. The molecule has 21 heavy (non-hydrogen) atoms. The molecule has 5 nitrogen and oxygen atoms in total. The highest BCUT2D eigenvalue weighted by atomic mass is 16.6. The van der Waals surface area contributed by atoms with Crippen LogP contribution in [0.25, 0.3) is 0 Å². The average Bonchev–Trinajstić information content (AvgIpc) is 2.41. The van der Waals surface area contributed by atoms with E-state index in [1.807, 2.05) is 30.3 Å². The molecule has 5 heteroatoms. The van der Waals surface area contributed by atoms with Crippen molar-refractivity contribution in [1.82, 2.24) is 0 Å².